The van der Waals surface area contributed by atoms with Crippen LogP contribution < -0.4 is 14.8 Å². The van der Waals surface area contributed by atoms with E-state index in [9.17, 15) is 18.0 Å². The maximum Gasteiger partial charge on any atom is 0.573 e. The zero-order chi connectivity index (χ0) is 31.1. The molecule has 42 heavy (non-hydrogen) atoms. The number of halogens is 3. The number of alkyl halides is 3. The van der Waals surface area contributed by atoms with E-state index < -0.39 is 26.4 Å². The van der Waals surface area contributed by atoms with E-state index >= 15 is 0 Å². The smallest absolute Gasteiger partial charge is 0.489 e. The van der Waals surface area contributed by atoms with Crippen molar-refractivity contribution in [2.24, 2.45) is 0 Å². The summed E-state index contributed by atoms with van der Waals surface area (Å²) in [5.41, 5.74) is 0.651. The number of hydrogen-bond donors (Lipinski definition) is 1. The minimum absolute atomic E-state index is 0.0114. The topological polar surface area (TPSA) is 96.7 Å². The Kier molecular flexibility index (Phi) is 8.58. The lowest BCUT2D eigenvalue weighted by Gasteiger charge is -2.44. The Morgan fingerprint density at radius 1 is 1.02 bits per heavy atom. The monoisotopic (exact) mass is 608 g/mol. The van der Waals surface area contributed by atoms with Gasteiger partial charge in [-0.15, -0.1) is 13.2 Å². The molecule has 1 aromatic carbocycles. The summed E-state index contributed by atoms with van der Waals surface area (Å²) >= 11 is 0. The van der Waals surface area contributed by atoms with Crippen molar-refractivity contribution in [3.05, 3.63) is 42.2 Å². The number of benzene rings is 1. The number of ether oxygens (including phenoxy) is 3. The Morgan fingerprint density at radius 2 is 1.67 bits per heavy atom. The van der Waals surface area contributed by atoms with Gasteiger partial charge in [-0.1, -0.05) is 20.8 Å². The highest BCUT2D eigenvalue weighted by Gasteiger charge is 2.43. The molecule has 0 unspecified atom stereocenters. The van der Waals surface area contributed by atoms with Crippen molar-refractivity contribution in [3.63, 3.8) is 0 Å². The van der Waals surface area contributed by atoms with Gasteiger partial charge in [0, 0.05) is 19.0 Å². The van der Waals surface area contributed by atoms with Gasteiger partial charge in [-0.2, -0.15) is 5.10 Å². The van der Waals surface area contributed by atoms with Crippen LogP contribution in [0, 0.1) is 0 Å². The van der Waals surface area contributed by atoms with Crippen LogP contribution in [0.4, 0.5) is 18.0 Å². The van der Waals surface area contributed by atoms with Crippen molar-refractivity contribution in [1.82, 2.24) is 20.1 Å². The van der Waals surface area contributed by atoms with E-state index in [0.717, 1.165) is 12.8 Å². The summed E-state index contributed by atoms with van der Waals surface area (Å²) in [7, 11) is -1.90. The highest BCUT2D eigenvalue weighted by atomic mass is 28.4. The molecule has 0 atom stereocenters. The fourth-order valence-electron chi connectivity index (χ4n) is 4.23. The van der Waals surface area contributed by atoms with Crippen LogP contribution in [0.25, 0.3) is 16.7 Å². The minimum atomic E-state index is -4.80. The fraction of sp³-hybridized carbons (Fsp3) is 0.552. The van der Waals surface area contributed by atoms with Crippen LogP contribution in [0.15, 0.2) is 36.5 Å². The second-order valence-electron chi connectivity index (χ2n) is 13.0. The Labute approximate surface area is 244 Å². The molecule has 13 heteroatoms. The van der Waals surface area contributed by atoms with Crippen molar-refractivity contribution in [1.29, 1.82) is 0 Å². The lowest BCUT2D eigenvalue weighted by Crippen LogP contribution is -2.50. The Balaban J connectivity index is 1.60. The van der Waals surface area contributed by atoms with E-state index in [1.165, 1.54) is 28.9 Å². The predicted octanol–water partition coefficient (Wildman–Crippen LogP) is 7.28. The summed E-state index contributed by atoms with van der Waals surface area (Å²) < 4.78 is 61.7. The number of nitrogens with zero attached hydrogens (tertiary/aromatic N) is 3. The lowest BCUT2D eigenvalue weighted by atomic mass is 9.92. The SMILES string of the molecule is CC(C)(C)OC(=O)NCc1nn(-c2ccc(OC(F)(F)F)cc2)c2nccc(O[C@H]3C[C@H](O[Si](C)(C)C(C)(C)C)C3)c12. The van der Waals surface area contributed by atoms with Crippen molar-refractivity contribution in [2.45, 2.75) is 103 Å². The highest BCUT2D eigenvalue weighted by molar-refractivity contribution is 6.74. The average Bonchev–Trinajstić information content (AvgIpc) is 3.18. The first-order valence-corrected chi connectivity index (χ1v) is 16.8. The van der Waals surface area contributed by atoms with E-state index in [1.54, 1.807) is 33.0 Å². The maximum absolute atomic E-state index is 12.7. The largest absolute Gasteiger partial charge is 0.573 e. The molecule has 1 fully saturated rings. The molecule has 1 aliphatic carbocycles. The summed E-state index contributed by atoms with van der Waals surface area (Å²) in [6.45, 7) is 16.4. The van der Waals surface area contributed by atoms with Gasteiger partial charge in [0.2, 0.25) is 0 Å². The van der Waals surface area contributed by atoms with Crippen LogP contribution in [-0.2, 0) is 15.7 Å². The second-order valence-corrected chi connectivity index (χ2v) is 17.7. The normalized spacial score (nSPS) is 18.0. The van der Waals surface area contributed by atoms with Crippen LogP contribution in [0.3, 0.4) is 0 Å². The van der Waals surface area contributed by atoms with Gasteiger partial charge < -0.3 is 24.0 Å². The third kappa shape index (κ3) is 7.74. The quantitative estimate of drug-likeness (QED) is 0.269. The van der Waals surface area contributed by atoms with Gasteiger partial charge in [0.15, 0.2) is 14.0 Å². The molecule has 4 rings (SSSR count). The van der Waals surface area contributed by atoms with Crippen molar-refractivity contribution in [3.8, 4) is 17.2 Å². The van der Waals surface area contributed by atoms with Gasteiger partial charge in [0.25, 0.3) is 0 Å². The van der Waals surface area contributed by atoms with Crippen LogP contribution in [0.1, 0.15) is 60.1 Å². The second kappa shape index (κ2) is 11.4. The molecule has 3 aromatic rings. The Bertz CT molecular complexity index is 1410. The number of pyridine rings is 1. The molecule has 0 spiro atoms. The third-order valence-corrected chi connectivity index (χ3v) is 11.9. The minimum Gasteiger partial charge on any atom is -0.489 e. The standard InChI is InChI=1S/C29H39F3N4O5Si/c1-27(2,3)40-26(37)34-17-22-24-23(38-20-15-21(16-20)41-42(7,8)28(4,5)6)13-14-33-25(24)36(35-22)18-9-11-19(12-10-18)39-29(30,31)32/h9-14,20-21H,15-17H2,1-8H3,(H,34,37)/t20-,21-. The Hall–Kier alpha value is -3.32. The van der Waals surface area contributed by atoms with Crippen LogP contribution >= 0.6 is 0 Å². The van der Waals surface area contributed by atoms with Gasteiger partial charge in [-0.25, -0.2) is 14.5 Å². The third-order valence-electron chi connectivity index (χ3n) is 7.33. The van der Waals surface area contributed by atoms with Crippen LogP contribution in [0.2, 0.25) is 18.1 Å². The molecular weight excluding hydrogens is 569 g/mol. The molecular formula is C29H39F3N4O5Si. The van der Waals surface area contributed by atoms with Gasteiger partial charge in [-0.3, -0.25) is 0 Å². The van der Waals surface area contributed by atoms with Crippen molar-refractivity contribution < 1.29 is 36.6 Å². The number of rotatable bonds is 8. The summed E-state index contributed by atoms with van der Waals surface area (Å²) in [5, 5.41) is 8.07. The zero-order valence-corrected chi connectivity index (χ0v) is 26.3. The van der Waals surface area contributed by atoms with E-state index in [1.807, 2.05) is 0 Å². The van der Waals surface area contributed by atoms with E-state index in [0.29, 0.717) is 28.2 Å². The number of aromatic nitrogens is 3. The van der Waals surface area contributed by atoms with Crippen LogP contribution in [-0.4, -0.2) is 53.3 Å². The van der Waals surface area contributed by atoms with Crippen molar-refractivity contribution >= 4 is 25.4 Å². The average molecular weight is 609 g/mol. The summed E-state index contributed by atoms with van der Waals surface area (Å²) in [4.78, 5) is 16.9. The molecule has 1 amide bonds. The molecule has 230 valence electrons. The lowest BCUT2D eigenvalue weighted by molar-refractivity contribution is -0.274. The van der Waals surface area contributed by atoms with Gasteiger partial charge in [0.1, 0.15) is 23.2 Å². The first kappa shape index (κ1) is 31.6. The van der Waals surface area contributed by atoms with E-state index in [2.05, 4.69) is 54.0 Å². The molecule has 2 aromatic heterocycles. The van der Waals surface area contributed by atoms with Gasteiger partial charge in [0.05, 0.1) is 29.4 Å². The Morgan fingerprint density at radius 3 is 2.24 bits per heavy atom. The number of fused-ring (bicyclic) bond motifs is 1. The summed E-state index contributed by atoms with van der Waals surface area (Å²) in [5.74, 6) is 0.186. The molecule has 0 saturated heterocycles. The molecule has 2 heterocycles. The predicted molar refractivity (Wildman–Crippen MR) is 154 cm³/mol. The maximum atomic E-state index is 12.7. The van der Waals surface area contributed by atoms with E-state index in [-0.39, 0.29) is 29.5 Å². The highest BCUT2D eigenvalue weighted by Crippen LogP contribution is 2.41. The first-order chi connectivity index (χ1) is 19.3. The number of nitrogens with one attached hydrogen (secondary N) is 1. The van der Waals surface area contributed by atoms with E-state index in [4.69, 9.17) is 13.9 Å². The molecule has 9 nitrogen and oxygen atoms in total. The van der Waals surface area contributed by atoms with Gasteiger partial charge >= 0.3 is 12.5 Å². The number of carbonyl (C=O) groups excluding carboxylic acids is 1. The fourth-order valence-corrected chi connectivity index (χ4v) is 5.61. The van der Waals surface area contributed by atoms with Crippen molar-refractivity contribution in [2.75, 3.05) is 0 Å². The first-order valence-electron chi connectivity index (χ1n) is 13.9. The molecule has 0 radical (unpaired) electrons. The molecule has 0 bridgehead atoms. The summed E-state index contributed by atoms with van der Waals surface area (Å²) in [6.07, 6.45) is -2.28. The van der Waals surface area contributed by atoms with Gasteiger partial charge in [-0.05, 0) is 69.2 Å². The number of alkyl carbamates (subject to hydrolysis) is 1. The number of hydrogen-bond acceptors (Lipinski definition) is 7. The number of amides is 1. The number of carbonyl (C=O) groups is 1. The molecule has 1 aliphatic rings. The molecule has 1 saturated carbocycles. The van der Waals surface area contributed by atoms with Crippen LogP contribution in [0.5, 0.6) is 11.5 Å². The summed E-state index contributed by atoms with van der Waals surface area (Å²) in [6, 6.07) is 7.04. The molecule has 0 aliphatic heterocycles. The zero-order valence-electron chi connectivity index (χ0n) is 25.3. The molecule has 1 N–H and O–H groups in total.